The van der Waals surface area contributed by atoms with Gasteiger partial charge in [-0.15, -0.1) is 0 Å². The number of carbonyl (C=O) groups excluding carboxylic acids is 1. The minimum absolute atomic E-state index is 0. The second kappa shape index (κ2) is 8.26. The van der Waals surface area contributed by atoms with Crippen LogP contribution in [0.25, 0.3) is 0 Å². The van der Waals surface area contributed by atoms with Crippen molar-refractivity contribution >= 4 is 11.9 Å². The molecule has 0 amide bonds. The van der Waals surface area contributed by atoms with E-state index in [4.69, 9.17) is 5.41 Å². The standard InChI is InChI=1S/C7H13NO3.2Na/c1-7(2,3-5(8)9)4-6(10)11;;/h3-4H2,1-2H3,(H2,8,9)(H,10,11);;/q;2*+1/p-2. The molecule has 64 valence electrons. The van der Waals surface area contributed by atoms with Crippen molar-refractivity contribution in [1.82, 2.24) is 0 Å². The minimum Gasteiger partial charge on any atom is -0.862 e. The van der Waals surface area contributed by atoms with E-state index >= 15 is 0 Å². The number of nitrogens with one attached hydrogen (secondary N) is 1. The molecule has 0 heterocycles. The minimum atomic E-state index is -1.18. The molecule has 0 bridgehead atoms. The van der Waals surface area contributed by atoms with Crippen LogP contribution in [0.15, 0.2) is 0 Å². The van der Waals surface area contributed by atoms with Crippen LogP contribution in [0.3, 0.4) is 0 Å². The van der Waals surface area contributed by atoms with E-state index in [0.29, 0.717) is 0 Å². The fourth-order valence-electron chi connectivity index (χ4n) is 0.888. The molecular formula is C7H11NNa2O3. The molecule has 0 unspecified atom stereocenters. The number of hydrogen-bond donors (Lipinski definition) is 1. The van der Waals surface area contributed by atoms with E-state index in [2.05, 4.69) is 0 Å². The van der Waals surface area contributed by atoms with Gasteiger partial charge in [-0.05, 0) is 24.2 Å². The number of carboxylic acid groups (broad SMARTS) is 1. The summed E-state index contributed by atoms with van der Waals surface area (Å²) in [5.41, 5.74) is -0.655. The Morgan fingerprint density at radius 3 is 1.85 bits per heavy atom. The molecule has 0 aromatic carbocycles. The van der Waals surface area contributed by atoms with Crippen LogP contribution in [0, 0.1) is 10.8 Å². The first-order valence-corrected chi connectivity index (χ1v) is 3.28. The fraction of sp³-hybridized carbons (Fsp3) is 0.714. The van der Waals surface area contributed by atoms with Gasteiger partial charge < -0.3 is 20.4 Å². The maximum absolute atomic E-state index is 10.3. The van der Waals surface area contributed by atoms with Crippen molar-refractivity contribution in [2.75, 3.05) is 0 Å². The maximum atomic E-state index is 10.3. The van der Waals surface area contributed by atoms with Crippen LogP contribution in [0.2, 0.25) is 0 Å². The zero-order valence-corrected chi connectivity index (χ0v) is 12.6. The van der Waals surface area contributed by atoms with Gasteiger partial charge in [-0.3, -0.25) is 0 Å². The second-order valence-corrected chi connectivity index (χ2v) is 3.31. The van der Waals surface area contributed by atoms with Gasteiger partial charge in [0.15, 0.2) is 0 Å². The van der Waals surface area contributed by atoms with E-state index in [-0.39, 0.29) is 72.0 Å². The first-order chi connectivity index (χ1) is 4.83. The van der Waals surface area contributed by atoms with Crippen LogP contribution >= 0.6 is 0 Å². The Bertz CT molecular complexity index is 165. The molecule has 6 heteroatoms. The van der Waals surface area contributed by atoms with Gasteiger partial charge >= 0.3 is 59.1 Å². The summed E-state index contributed by atoms with van der Waals surface area (Å²) < 4.78 is 0. The summed E-state index contributed by atoms with van der Waals surface area (Å²) in [5, 5.41) is 27.0. The van der Waals surface area contributed by atoms with Crippen LogP contribution in [0.1, 0.15) is 26.7 Å². The van der Waals surface area contributed by atoms with Crippen molar-refractivity contribution < 1.29 is 74.1 Å². The summed E-state index contributed by atoms with van der Waals surface area (Å²) in [6, 6.07) is 0. The molecule has 1 N–H and O–H groups in total. The fourth-order valence-corrected chi connectivity index (χ4v) is 0.888. The zero-order valence-electron chi connectivity index (χ0n) is 8.64. The largest absolute Gasteiger partial charge is 1.00 e. The molecule has 0 radical (unpaired) electrons. The molecule has 0 saturated carbocycles. The number of rotatable bonds is 4. The Labute approximate surface area is 122 Å². The topological polar surface area (TPSA) is 87.0 Å². The Kier molecular flexibility index (Phi) is 12.4. The van der Waals surface area contributed by atoms with E-state index in [0.717, 1.165) is 0 Å². The molecule has 0 saturated heterocycles. The average Bonchev–Trinajstić information content (AvgIpc) is 1.53. The van der Waals surface area contributed by atoms with Crippen molar-refractivity contribution in [3.05, 3.63) is 0 Å². The Morgan fingerprint density at radius 2 is 1.62 bits per heavy atom. The van der Waals surface area contributed by atoms with Gasteiger partial charge in [0, 0.05) is 5.97 Å². The molecule has 0 aliphatic rings. The Balaban J connectivity index is -0.000000500. The molecule has 0 atom stereocenters. The molecule has 0 aromatic rings. The van der Waals surface area contributed by atoms with Gasteiger partial charge in [-0.1, -0.05) is 13.8 Å². The molecule has 4 nitrogen and oxygen atoms in total. The monoisotopic (exact) mass is 203 g/mol. The maximum Gasteiger partial charge on any atom is 1.00 e. The van der Waals surface area contributed by atoms with Crippen molar-refractivity contribution in [2.24, 2.45) is 5.41 Å². The van der Waals surface area contributed by atoms with Crippen molar-refractivity contribution in [3.8, 4) is 0 Å². The predicted octanol–water partition coefficient (Wildman–Crippen LogP) is -7.11. The molecule has 0 aromatic heterocycles. The van der Waals surface area contributed by atoms with Crippen LogP contribution in [0.5, 0.6) is 0 Å². The van der Waals surface area contributed by atoms with Crippen LogP contribution in [-0.2, 0) is 4.79 Å². The summed E-state index contributed by atoms with van der Waals surface area (Å²) in [6.07, 6.45) is -0.224. The van der Waals surface area contributed by atoms with Gasteiger partial charge in [0.1, 0.15) is 0 Å². The van der Waals surface area contributed by atoms with E-state index in [1.807, 2.05) is 0 Å². The quantitative estimate of drug-likeness (QED) is 0.280. The summed E-state index contributed by atoms with van der Waals surface area (Å²) >= 11 is 0. The van der Waals surface area contributed by atoms with E-state index < -0.39 is 17.3 Å². The molecule has 0 aliphatic heterocycles. The average molecular weight is 203 g/mol. The van der Waals surface area contributed by atoms with Gasteiger partial charge in [-0.25, -0.2) is 0 Å². The first-order valence-electron chi connectivity index (χ1n) is 3.28. The van der Waals surface area contributed by atoms with E-state index in [9.17, 15) is 15.0 Å². The molecule has 0 spiro atoms. The Morgan fingerprint density at radius 1 is 1.23 bits per heavy atom. The van der Waals surface area contributed by atoms with Crippen molar-refractivity contribution in [2.45, 2.75) is 26.7 Å². The molecule has 0 rings (SSSR count). The van der Waals surface area contributed by atoms with Crippen LogP contribution in [-0.4, -0.2) is 11.9 Å². The van der Waals surface area contributed by atoms with Crippen molar-refractivity contribution in [1.29, 1.82) is 5.41 Å². The predicted molar refractivity (Wildman–Crippen MR) is 35.7 cm³/mol. The summed E-state index contributed by atoms with van der Waals surface area (Å²) in [5.74, 6) is -1.92. The molecule has 0 fully saturated rings. The van der Waals surface area contributed by atoms with Gasteiger partial charge in [-0.2, -0.15) is 0 Å². The number of carboxylic acids is 1. The summed E-state index contributed by atoms with van der Waals surface area (Å²) in [4.78, 5) is 10.1. The molecular weight excluding hydrogens is 192 g/mol. The zero-order chi connectivity index (χ0) is 9.07. The number of hydrogen-bond acceptors (Lipinski definition) is 4. The normalized spacial score (nSPS) is 9.38. The van der Waals surface area contributed by atoms with E-state index in [1.54, 1.807) is 13.8 Å². The second-order valence-electron chi connectivity index (χ2n) is 3.31. The molecule has 0 aliphatic carbocycles. The van der Waals surface area contributed by atoms with Crippen LogP contribution in [0.4, 0.5) is 0 Å². The summed E-state index contributed by atoms with van der Waals surface area (Å²) in [6.45, 7) is 3.24. The van der Waals surface area contributed by atoms with Gasteiger partial charge in [0.2, 0.25) is 0 Å². The third-order valence-electron chi connectivity index (χ3n) is 1.26. The smallest absolute Gasteiger partial charge is 0.862 e. The van der Waals surface area contributed by atoms with Crippen molar-refractivity contribution in [3.63, 3.8) is 0 Å². The third kappa shape index (κ3) is 12.9. The van der Waals surface area contributed by atoms with Gasteiger partial charge in [0.05, 0.1) is 0 Å². The summed E-state index contributed by atoms with van der Waals surface area (Å²) in [7, 11) is 0. The van der Waals surface area contributed by atoms with E-state index in [1.165, 1.54) is 0 Å². The Hall–Kier alpha value is 0.940. The number of carbonyl (C=O) groups is 1. The SMILES string of the molecule is CC(C)(CC(=N)[O-])CC(=O)[O-].[Na+].[Na+]. The third-order valence-corrected chi connectivity index (χ3v) is 1.26. The van der Waals surface area contributed by atoms with Gasteiger partial charge in [0.25, 0.3) is 0 Å². The molecule has 13 heavy (non-hydrogen) atoms. The number of aliphatic carboxylic acids is 1. The first kappa shape index (κ1) is 19.5. The van der Waals surface area contributed by atoms with Crippen LogP contribution < -0.4 is 69.3 Å².